The Morgan fingerprint density at radius 1 is 0.474 bits per heavy atom. The lowest BCUT2D eigenvalue weighted by atomic mass is 10.0. The van der Waals surface area contributed by atoms with E-state index in [4.69, 9.17) is 19.4 Å². The first-order chi connectivity index (χ1) is 18.7. The Morgan fingerprint density at radius 2 is 1.08 bits per heavy atom. The minimum Gasteiger partial charge on any atom is -0.508 e. The highest BCUT2D eigenvalue weighted by Gasteiger charge is 2.18. The van der Waals surface area contributed by atoms with Gasteiger partial charge in [0, 0.05) is 27.5 Å². The molecule has 0 spiro atoms. The van der Waals surface area contributed by atoms with E-state index in [1.54, 1.807) is 12.1 Å². The van der Waals surface area contributed by atoms with Crippen molar-refractivity contribution in [2.24, 2.45) is 0 Å². The fraction of sp³-hybridized carbons (Fsp3) is 0. The van der Waals surface area contributed by atoms with Crippen LogP contribution < -0.4 is 0 Å². The van der Waals surface area contributed by atoms with E-state index in [2.05, 4.69) is 6.07 Å². The van der Waals surface area contributed by atoms with Crippen LogP contribution in [0.3, 0.4) is 0 Å². The fourth-order valence-corrected chi connectivity index (χ4v) is 4.78. The number of hydrogen-bond acceptors (Lipinski definition) is 5. The minimum atomic E-state index is 0.240. The second kappa shape index (κ2) is 8.98. The summed E-state index contributed by atoms with van der Waals surface area (Å²) in [6, 6.07) is 39.2. The second-order valence-electron chi connectivity index (χ2n) is 9.08. The van der Waals surface area contributed by atoms with E-state index in [0.717, 1.165) is 49.8 Å². The molecule has 0 fully saturated rings. The number of phenols is 1. The molecule has 5 aromatic carbocycles. The molecule has 0 aliphatic heterocycles. The smallest absolute Gasteiger partial charge is 0.164 e. The van der Waals surface area contributed by atoms with Gasteiger partial charge in [-0.05, 0) is 41.5 Å². The molecule has 38 heavy (non-hydrogen) atoms. The van der Waals surface area contributed by atoms with Gasteiger partial charge in [-0.25, -0.2) is 15.0 Å². The van der Waals surface area contributed by atoms with Crippen molar-refractivity contribution >= 4 is 21.9 Å². The van der Waals surface area contributed by atoms with E-state index in [-0.39, 0.29) is 5.75 Å². The number of phenolic OH excluding ortho intramolecular Hbond substituents is 1. The molecule has 5 nitrogen and oxygen atoms in total. The number of furan rings is 1. The Bertz CT molecular complexity index is 1850. The number of benzene rings is 5. The topological polar surface area (TPSA) is 72.0 Å². The predicted molar refractivity (Wildman–Crippen MR) is 151 cm³/mol. The molecule has 0 unspecified atom stereocenters. The monoisotopic (exact) mass is 491 g/mol. The Hall–Kier alpha value is -5.29. The molecule has 0 atom stereocenters. The van der Waals surface area contributed by atoms with Crippen LogP contribution in [0, 0.1) is 0 Å². The Kier molecular flexibility index (Phi) is 5.19. The molecule has 0 radical (unpaired) electrons. The summed E-state index contributed by atoms with van der Waals surface area (Å²) in [5.74, 6) is 2.05. The number of aromatic nitrogens is 3. The number of rotatable bonds is 4. The quantitative estimate of drug-likeness (QED) is 0.269. The van der Waals surface area contributed by atoms with E-state index in [9.17, 15) is 5.11 Å². The molecule has 1 N–H and O–H groups in total. The van der Waals surface area contributed by atoms with Crippen LogP contribution in [0.25, 0.3) is 67.2 Å². The van der Waals surface area contributed by atoms with Gasteiger partial charge in [0.25, 0.3) is 0 Å². The summed E-state index contributed by atoms with van der Waals surface area (Å²) in [5, 5.41) is 11.6. The van der Waals surface area contributed by atoms with Crippen molar-refractivity contribution in [2.45, 2.75) is 0 Å². The van der Waals surface area contributed by atoms with Crippen molar-refractivity contribution in [1.82, 2.24) is 15.0 Å². The molecule has 7 aromatic rings. The molecule has 5 heteroatoms. The van der Waals surface area contributed by atoms with Crippen molar-refractivity contribution in [3.05, 3.63) is 121 Å². The summed E-state index contributed by atoms with van der Waals surface area (Å²) in [5.41, 5.74) is 6.31. The van der Waals surface area contributed by atoms with Crippen molar-refractivity contribution in [3.8, 4) is 51.0 Å². The van der Waals surface area contributed by atoms with Crippen molar-refractivity contribution in [1.29, 1.82) is 0 Å². The van der Waals surface area contributed by atoms with Crippen LogP contribution in [-0.2, 0) is 0 Å². The first-order valence-electron chi connectivity index (χ1n) is 12.3. The van der Waals surface area contributed by atoms with Crippen LogP contribution in [0.2, 0.25) is 0 Å². The highest BCUT2D eigenvalue weighted by Crippen LogP contribution is 2.38. The molecule has 0 aliphatic carbocycles. The summed E-state index contributed by atoms with van der Waals surface area (Å²) in [4.78, 5) is 14.7. The zero-order valence-electron chi connectivity index (χ0n) is 20.2. The van der Waals surface area contributed by atoms with E-state index >= 15 is 0 Å². The molecule has 7 rings (SSSR count). The Morgan fingerprint density at radius 3 is 1.74 bits per heavy atom. The molecule has 2 heterocycles. The standard InChI is InChI=1S/C33H21N3O2/c37-25-17-14-21(15-18-25)24-16-19-28-27(20-24)30-26(12-7-13-29(30)38-28)33-35-31(22-8-3-1-4-9-22)34-32(36-33)23-10-5-2-6-11-23/h1-20,37H. The predicted octanol–water partition coefficient (Wildman–Crippen LogP) is 8.14. The largest absolute Gasteiger partial charge is 0.508 e. The van der Waals surface area contributed by atoms with E-state index in [1.165, 1.54) is 0 Å². The van der Waals surface area contributed by atoms with Gasteiger partial charge in [0.1, 0.15) is 16.9 Å². The number of aromatic hydroxyl groups is 1. The zero-order chi connectivity index (χ0) is 25.5. The fourth-order valence-electron chi connectivity index (χ4n) is 4.78. The van der Waals surface area contributed by atoms with Gasteiger partial charge in [0.2, 0.25) is 0 Å². The molecule has 0 amide bonds. The van der Waals surface area contributed by atoms with Crippen molar-refractivity contribution < 1.29 is 9.52 Å². The molecule has 0 aliphatic rings. The lowest BCUT2D eigenvalue weighted by Gasteiger charge is -2.09. The molecule has 0 saturated carbocycles. The Balaban J connectivity index is 1.48. The van der Waals surface area contributed by atoms with Crippen LogP contribution in [0.4, 0.5) is 0 Å². The lowest BCUT2D eigenvalue weighted by Crippen LogP contribution is -2.00. The van der Waals surface area contributed by atoms with Gasteiger partial charge < -0.3 is 9.52 Å². The molecular formula is C33H21N3O2. The first-order valence-corrected chi connectivity index (χ1v) is 12.3. The van der Waals surface area contributed by atoms with E-state index in [0.29, 0.717) is 17.5 Å². The summed E-state index contributed by atoms with van der Waals surface area (Å²) in [6.07, 6.45) is 0. The van der Waals surface area contributed by atoms with Gasteiger partial charge in [-0.3, -0.25) is 0 Å². The van der Waals surface area contributed by atoms with Crippen LogP contribution in [-0.4, -0.2) is 20.1 Å². The highest BCUT2D eigenvalue weighted by atomic mass is 16.3. The van der Waals surface area contributed by atoms with Gasteiger partial charge in [0.15, 0.2) is 17.5 Å². The maximum Gasteiger partial charge on any atom is 0.164 e. The Labute approximate surface area is 218 Å². The normalized spacial score (nSPS) is 11.3. The van der Waals surface area contributed by atoms with Gasteiger partial charge >= 0.3 is 0 Å². The maximum atomic E-state index is 9.72. The first kappa shape index (κ1) is 21.9. The lowest BCUT2D eigenvalue weighted by molar-refractivity contribution is 0.475. The van der Waals surface area contributed by atoms with Crippen LogP contribution in [0.15, 0.2) is 126 Å². The molecule has 180 valence electrons. The van der Waals surface area contributed by atoms with E-state index in [1.807, 2.05) is 103 Å². The third-order valence-corrected chi connectivity index (χ3v) is 6.64. The summed E-state index contributed by atoms with van der Waals surface area (Å²) in [6.45, 7) is 0. The zero-order valence-corrected chi connectivity index (χ0v) is 20.2. The molecular weight excluding hydrogens is 470 g/mol. The average Bonchev–Trinajstić information content (AvgIpc) is 3.36. The van der Waals surface area contributed by atoms with Crippen LogP contribution in [0.1, 0.15) is 0 Å². The van der Waals surface area contributed by atoms with Crippen molar-refractivity contribution in [3.63, 3.8) is 0 Å². The number of nitrogens with zero attached hydrogens (tertiary/aromatic N) is 3. The second-order valence-corrected chi connectivity index (χ2v) is 9.08. The van der Waals surface area contributed by atoms with E-state index < -0.39 is 0 Å². The van der Waals surface area contributed by atoms with Crippen LogP contribution in [0.5, 0.6) is 5.75 Å². The molecule has 0 bridgehead atoms. The summed E-state index contributed by atoms with van der Waals surface area (Å²) < 4.78 is 6.24. The van der Waals surface area contributed by atoms with Gasteiger partial charge in [0.05, 0.1) is 0 Å². The highest BCUT2D eigenvalue weighted by molar-refractivity contribution is 6.12. The third kappa shape index (κ3) is 3.87. The third-order valence-electron chi connectivity index (χ3n) is 6.64. The number of hydrogen-bond donors (Lipinski definition) is 1. The average molecular weight is 492 g/mol. The van der Waals surface area contributed by atoms with Crippen molar-refractivity contribution in [2.75, 3.05) is 0 Å². The van der Waals surface area contributed by atoms with Gasteiger partial charge in [-0.2, -0.15) is 0 Å². The summed E-state index contributed by atoms with van der Waals surface area (Å²) >= 11 is 0. The van der Waals surface area contributed by atoms with Gasteiger partial charge in [-0.15, -0.1) is 0 Å². The SMILES string of the molecule is Oc1ccc(-c2ccc3oc4cccc(-c5nc(-c6ccccc6)nc(-c6ccccc6)n5)c4c3c2)cc1. The van der Waals surface area contributed by atoms with Gasteiger partial charge in [-0.1, -0.05) is 91.0 Å². The minimum absolute atomic E-state index is 0.240. The maximum absolute atomic E-state index is 9.72. The number of fused-ring (bicyclic) bond motifs is 3. The molecule has 2 aromatic heterocycles. The van der Waals surface area contributed by atoms with Crippen LogP contribution >= 0.6 is 0 Å². The summed E-state index contributed by atoms with van der Waals surface area (Å²) in [7, 11) is 0. The molecule has 0 saturated heterocycles.